The molecule has 92 valence electrons. The second-order valence-electron chi connectivity index (χ2n) is 4.18. The molecule has 0 aliphatic rings. The first-order valence-electron chi connectivity index (χ1n) is 5.39. The maximum atomic E-state index is 5.63. The van der Waals surface area contributed by atoms with Crippen molar-refractivity contribution in [1.82, 2.24) is 10.2 Å². The molecule has 0 amide bonds. The average Bonchev–Trinajstić information content (AvgIpc) is 2.65. The van der Waals surface area contributed by atoms with Crippen LogP contribution in [0.15, 0.2) is 4.42 Å². The Bertz CT molecular complexity index is 312. The zero-order chi connectivity index (χ0) is 12.1. The standard InChI is InChI=1S/C10H20N4O2/c1-6(2)8(5-15-4)12-10-14-13-9(16-10)7(3)11/h6-8H,5,11H2,1-4H3,(H,12,14). The summed E-state index contributed by atoms with van der Waals surface area (Å²) in [5.41, 5.74) is 5.63. The van der Waals surface area contributed by atoms with Crippen molar-refractivity contribution in [2.75, 3.05) is 19.0 Å². The molecule has 2 unspecified atom stereocenters. The summed E-state index contributed by atoms with van der Waals surface area (Å²) in [6, 6.07) is 0.289. The Labute approximate surface area is 95.6 Å². The number of anilines is 1. The van der Waals surface area contributed by atoms with Crippen LogP contribution in [0.1, 0.15) is 32.7 Å². The van der Waals surface area contributed by atoms with Crippen LogP contribution in [-0.4, -0.2) is 30.0 Å². The van der Waals surface area contributed by atoms with Gasteiger partial charge in [0.25, 0.3) is 0 Å². The first kappa shape index (κ1) is 12.9. The summed E-state index contributed by atoms with van der Waals surface area (Å²) < 4.78 is 10.5. The van der Waals surface area contributed by atoms with Crippen LogP contribution >= 0.6 is 0 Å². The number of methoxy groups -OCH3 is 1. The number of nitrogens with two attached hydrogens (primary N) is 1. The van der Waals surface area contributed by atoms with Crippen LogP contribution in [0, 0.1) is 5.92 Å². The van der Waals surface area contributed by atoms with Gasteiger partial charge in [-0.05, 0) is 12.8 Å². The lowest BCUT2D eigenvalue weighted by molar-refractivity contribution is 0.170. The molecule has 0 aromatic carbocycles. The predicted octanol–water partition coefficient (Wildman–Crippen LogP) is 1.17. The smallest absolute Gasteiger partial charge is 0.315 e. The molecular weight excluding hydrogens is 208 g/mol. The molecule has 0 spiro atoms. The number of nitrogens with one attached hydrogen (secondary N) is 1. The maximum absolute atomic E-state index is 5.63. The molecule has 1 heterocycles. The zero-order valence-electron chi connectivity index (χ0n) is 10.2. The van der Waals surface area contributed by atoms with Crippen molar-refractivity contribution < 1.29 is 9.15 Å². The molecule has 1 aromatic rings. The fourth-order valence-corrected chi connectivity index (χ4v) is 1.22. The molecular formula is C10H20N4O2. The third kappa shape index (κ3) is 3.46. The third-order valence-electron chi connectivity index (χ3n) is 2.29. The molecule has 0 aliphatic heterocycles. The molecule has 16 heavy (non-hydrogen) atoms. The first-order valence-corrected chi connectivity index (χ1v) is 5.39. The fourth-order valence-electron chi connectivity index (χ4n) is 1.22. The average molecular weight is 228 g/mol. The molecule has 2 atom stereocenters. The molecule has 1 aromatic heterocycles. The van der Waals surface area contributed by atoms with Gasteiger partial charge in [-0.25, -0.2) is 0 Å². The van der Waals surface area contributed by atoms with Gasteiger partial charge >= 0.3 is 6.01 Å². The monoisotopic (exact) mass is 228 g/mol. The number of aromatic nitrogens is 2. The normalized spacial score (nSPS) is 15.1. The number of hydrogen-bond acceptors (Lipinski definition) is 6. The Balaban J connectivity index is 2.62. The maximum Gasteiger partial charge on any atom is 0.315 e. The van der Waals surface area contributed by atoms with Gasteiger partial charge in [-0.3, -0.25) is 0 Å². The quantitative estimate of drug-likeness (QED) is 0.760. The van der Waals surface area contributed by atoms with Gasteiger partial charge in [-0.15, -0.1) is 5.10 Å². The highest BCUT2D eigenvalue weighted by molar-refractivity contribution is 5.20. The summed E-state index contributed by atoms with van der Waals surface area (Å²) in [6.45, 7) is 6.58. The molecule has 3 N–H and O–H groups in total. The van der Waals surface area contributed by atoms with Crippen LogP contribution in [0.2, 0.25) is 0 Å². The SMILES string of the molecule is COCC(Nc1nnc(C(C)N)o1)C(C)C. The minimum Gasteiger partial charge on any atom is -0.406 e. The van der Waals surface area contributed by atoms with Gasteiger partial charge in [-0.2, -0.15) is 0 Å². The van der Waals surface area contributed by atoms with Crippen LogP contribution in [-0.2, 0) is 4.74 Å². The first-order chi connectivity index (χ1) is 7.54. The summed E-state index contributed by atoms with van der Waals surface area (Å²) in [6.07, 6.45) is 0. The molecule has 0 bridgehead atoms. The van der Waals surface area contributed by atoms with Crippen LogP contribution in [0.25, 0.3) is 0 Å². The van der Waals surface area contributed by atoms with E-state index < -0.39 is 0 Å². The van der Waals surface area contributed by atoms with E-state index in [1.165, 1.54) is 0 Å². The lowest BCUT2D eigenvalue weighted by atomic mass is 10.1. The van der Waals surface area contributed by atoms with E-state index >= 15 is 0 Å². The molecule has 0 saturated carbocycles. The fraction of sp³-hybridized carbons (Fsp3) is 0.800. The molecule has 6 nitrogen and oxygen atoms in total. The van der Waals surface area contributed by atoms with E-state index in [0.29, 0.717) is 24.4 Å². The Hall–Kier alpha value is -1.14. The largest absolute Gasteiger partial charge is 0.406 e. The van der Waals surface area contributed by atoms with E-state index in [1.54, 1.807) is 14.0 Å². The van der Waals surface area contributed by atoms with Gasteiger partial charge < -0.3 is 20.2 Å². The minimum atomic E-state index is -0.247. The lowest BCUT2D eigenvalue weighted by Gasteiger charge is -2.19. The Morgan fingerprint density at radius 1 is 1.38 bits per heavy atom. The van der Waals surface area contributed by atoms with Crippen molar-refractivity contribution in [1.29, 1.82) is 0 Å². The van der Waals surface area contributed by atoms with Crippen LogP contribution in [0.3, 0.4) is 0 Å². The van der Waals surface area contributed by atoms with Gasteiger partial charge in [0.1, 0.15) is 0 Å². The van der Waals surface area contributed by atoms with Gasteiger partial charge in [0, 0.05) is 7.11 Å². The Kier molecular flexibility index (Phi) is 4.70. The van der Waals surface area contributed by atoms with Crippen LogP contribution in [0.4, 0.5) is 6.01 Å². The van der Waals surface area contributed by atoms with Crippen molar-refractivity contribution >= 4 is 6.01 Å². The Morgan fingerprint density at radius 3 is 2.50 bits per heavy atom. The molecule has 6 heteroatoms. The van der Waals surface area contributed by atoms with E-state index in [1.807, 2.05) is 0 Å². The van der Waals surface area contributed by atoms with Gasteiger partial charge in [0.05, 0.1) is 18.7 Å². The summed E-state index contributed by atoms with van der Waals surface area (Å²) in [7, 11) is 1.66. The van der Waals surface area contributed by atoms with E-state index in [-0.39, 0.29) is 12.1 Å². The van der Waals surface area contributed by atoms with Crippen molar-refractivity contribution in [2.45, 2.75) is 32.9 Å². The van der Waals surface area contributed by atoms with Crippen molar-refractivity contribution in [3.63, 3.8) is 0 Å². The third-order valence-corrected chi connectivity index (χ3v) is 2.29. The molecule has 0 saturated heterocycles. The number of rotatable bonds is 6. The van der Waals surface area contributed by atoms with Gasteiger partial charge in [-0.1, -0.05) is 18.9 Å². The number of nitrogens with zero attached hydrogens (tertiary/aromatic N) is 2. The van der Waals surface area contributed by atoms with Gasteiger partial charge in [0.2, 0.25) is 5.89 Å². The summed E-state index contributed by atoms with van der Waals surface area (Å²) in [4.78, 5) is 0. The topological polar surface area (TPSA) is 86.2 Å². The minimum absolute atomic E-state index is 0.145. The van der Waals surface area contributed by atoms with E-state index in [9.17, 15) is 0 Å². The second kappa shape index (κ2) is 5.81. The van der Waals surface area contributed by atoms with Crippen LogP contribution in [0.5, 0.6) is 0 Å². The Morgan fingerprint density at radius 2 is 2.06 bits per heavy atom. The van der Waals surface area contributed by atoms with Crippen molar-refractivity contribution in [3.05, 3.63) is 5.89 Å². The predicted molar refractivity (Wildman–Crippen MR) is 61.0 cm³/mol. The van der Waals surface area contributed by atoms with E-state index in [2.05, 4.69) is 29.4 Å². The molecule has 0 aliphatic carbocycles. The number of hydrogen-bond donors (Lipinski definition) is 2. The summed E-state index contributed by atoms with van der Waals surface area (Å²) in [5.74, 6) is 0.841. The van der Waals surface area contributed by atoms with Gasteiger partial charge in [0.15, 0.2) is 0 Å². The van der Waals surface area contributed by atoms with Crippen molar-refractivity contribution in [2.24, 2.45) is 11.7 Å². The summed E-state index contributed by atoms with van der Waals surface area (Å²) in [5, 5.41) is 10.9. The number of ether oxygens (including phenoxy) is 1. The molecule has 0 fully saturated rings. The van der Waals surface area contributed by atoms with Crippen LogP contribution < -0.4 is 11.1 Å². The summed E-state index contributed by atoms with van der Waals surface area (Å²) >= 11 is 0. The zero-order valence-corrected chi connectivity index (χ0v) is 10.2. The van der Waals surface area contributed by atoms with E-state index in [4.69, 9.17) is 14.9 Å². The lowest BCUT2D eigenvalue weighted by Crippen LogP contribution is -2.30. The highest BCUT2D eigenvalue weighted by Gasteiger charge is 2.17. The molecule has 0 radical (unpaired) electrons. The van der Waals surface area contributed by atoms with E-state index in [0.717, 1.165) is 0 Å². The highest BCUT2D eigenvalue weighted by Crippen LogP contribution is 2.14. The molecule has 1 rings (SSSR count). The highest BCUT2D eigenvalue weighted by atomic mass is 16.5. The second-order valence-corrected chi connectivity index (χ2v) is 4.18. The van der Waals surface area contributed by atoms with Crippen molar-refractivity contribution in [3.8, 4) is 0 Å².